The highest BCUT2D eigenvalue weighted by Crippen LogP contribution is 2.27. The topological polar surface area (TPSA) is 41.6 Å². The van der Waals surface area contributed by atoms with Gasteiger partial charge in [0.05, 0.1) is 18.9 Å². The Morgan fingerprint density at radius 3 is 2.46 bits per heavy atom. The quantitative estimate of drug-likeness (QED) is 0.747. The summed E-state index contributed by atoms with van der Waals surface area (Å²) < 4.78 is 5.45. The summed E-state index contributed by atoms with van der Waals surface area (Å²) in [7, 11) is 5.67. The van der Waals surface area contributed by atoms with Crippen molar-refractivity contribution < 1.29 is 9.53 Å². The number of ether oxygens (including phenoxy) is 1. The van der Waals surface area contributed by atoms with Crippen LogP contribution in [-0.2, 0) is 4.79 Å². The van der Waals surface area contributed by atoms with Crippen molar-refractivity contribution >= 4 is 17.7 Å². The molecular formula is C19H24N2O2S. The summed E-state index contributed by atoms with van der Waals surface area (Å²) in [5.41, 5.74) is 1.07. The first-order valence-corrected chi connectivity index (χ1v) is 8.84. The molecule has 0 spiro atoms. The second kappa shape index (κ2) is 9.35. The normalized spacial score (nSPS) is 12.0. The second-order valence-corrected chi connectivity index (χ2v) is 6.68. The summed E-state index contributed by atoms with van der Waals surface area (Å²) >= 11 is 1.54. The number of hydrogen-bond donors (Lipinski definition) is 1. The first kappa shape index (κ1) is 18.4. The fourth-order valence-corrected chi connectivity index (χ4v) is 3.19. The molecule has 1 atom stereocenters. The van der Waals surface area contributed by atoms with E-state index in [1.807, 2.05) is 68.7 Å². The van der Waals surface area contributed by atoms with Crippen molar-refractivity contribution in [3.63, 3.8) is 0 Å². The van der Waals surface area contributed by atoms with Crippen LogP contribution in [-0.4, -0.2) is 44.3 Å². The van der Waals surface area contributed by atoms with Crippen molar-refractivity contribution in [1.82, 2.24) is 10.2 Å². The van der Waals surface area contributed by atoms with Gasteiger partial charge in [0.1, 0.15) is 5.75 Å². The van der Waals surface area contributed by atoms with Crippen molar-refractivity contribution in [1.29, 1.82) is 0 Å². The van der Waals surface area contributed by atoms with E-state index >= 15 is 0 Å². The third kappa shape index (κ3) is 5.28. The number of amides is 1. The molecule has 2 rings (SSSR count). The molecule has 1 unspecified atom stereocenters. The molecule has 0 bridgehead atoms. The molecular weight excluding hydrogens is 320 g/mol. The Morgan fingerprint density at radius 1 is 1.12 bits per heavy atom. The van der Waals surface area contributed by atoms with E-state index in [1.165, 1.54) is 0 Å². The molecule has 0 heterocycles. The van der Waals surface area contributed by atoms with Crippen LogP contribution in [0.5, 0.6) is 5.75 Å². The fourth-order valence-electron chi connectivity index (χ4n) is 2.44. The molecule has 0 saturated heterocycles. The molecule has 0 saturated carbocycles. The minimum Gasteiger partial charge on any atom is -0.496 e. The van der Waals surface area contributed by atoms with Crippen LogP contribution >= 0.6 is 11.8 Å². The van der Waals surface area contributed by atoms with E-state index < -0.39 is 0 Å². The number of hydrogen-bond acceptors (Lipinski definition) is 4. The van der Waals surface area contributed by atoms with Gasteiger partial charge in [-0.3, -0.25) is 4.79 Å². The summed E-state index contributed by atoms with van der Waals surface area (Å²) in [6.45, 7) is 0.543. The summed E-state index contributed by atoms with van der Waals surface area (Å²) in [6, 6.07) is 17.9. The number of para-hydroxylation sites is 1. The average molecular weight is 344 g/mol. The molecule has 128 valence electrons. The van der Waals surface area contributed by atoms with Crippen LogP contribution in [0.4, 0.5) is 0 Å². The lowest BCUT2D eigenvalue weighted by atomic mass is 10.0. The lowest BCUT2D eigenvalue weighted by Gasteiger charge is -2.26. The van der Waals surface area contributed by atoms with Gasteiger partial charge in [-0.25, -0.2) is 0 Å². The lowest BCUT2D eigenvalue weighted by Crippen LogP contribution is -2.35. The van der Waals surface area contributed by atoms with E-state index in [-0.39, 0.29) is 11.9 Å². The molecule has 2 aromatic carbocycles. The SMILES string of the molecule is COc1ccccc1C(CNC(=O)CSc1ccccc1)N(C)C. The zero-order valence-corrected chi connectivity index (χ0v) is 15.2. The highest BCUT2D eigenvalue weighted by molar-refractivity contribution is 8.00. The monoisotopic (exact) mass is 344 g/mol. The van der Waals surface area contributed by atoms with Gasteiger partial charge in [-0.15, -0.1) is 11.8 Å². The standard InChI is InChI=1S/C19H24N2O2S/c1-21(2)17(16-11-7-8-12-18(16)23-3)13-20-19(22)14-24-15-9-5-4-6-10-15/h4-12,17H,13-14H2,1-3H3,(H,20,22). The number of carbonyl (C=O) groups is 1. The second-order valence-electron chi connectivity index (χ2n) is 5.63. The Kier molecular flexibility index (Phi) is 7.15. The van der Waals surface area contributed by atoms with Crippen molar-refractivity contribution in [2.75, 3.05) is 33.5 Å². The average Bonchev–Trinajstić information content (AvgIpc) is 2.61. The molecule has 1 N–H and O–H groups in total. The Labute approximate surface area is 148 Å². The Morgan fingerprint density at radius 2 is 1.79 bits per heavy atom. The molecule has 0 aliphatic heterocycles. The van der Waals surface area contributed by atoms with E-state index in [1.54, 1.807) is 18.9 Å². The smallest absolute Gasteiger partial charge is 0.230 e. The fraction of sp³-hybridized carbons (Fsp3) is 0.316. The third-order valence-corrected chi connectivity index (χ3v) is 4.74. The van der Waals surface area contributed by atoms with Gasteiger partial charge >= 0.3 is 0 Å². The van der Waals surface area contributed by atoms with Gasteiger partial charge in [0, 0.05) is 17.0 Å². The Balaban J connectivity index is 1.93. The van der Waals surface area contributed by atoms with Crippen molar-refractivity contribution in [2.45, 2.75) is 10.9 Å². The minimum absolute atomic E-state index is 0.0330. The van der Waals surface area contributed by atoms with E-state index in [0.29, 0.717) is 12.3 Å². The maximum absolute atomic E-state index is 12.1. The van der Waals surface area contributed by atoms with Gasteiger partial charge in [0.15, 0.2) is 0 Å². The molecule has 0 fully saturated rings. The molecule has 24 heavy (non-hydrogen) atoms. The van der Waals surface area contributed by atoms with Crippen molar-refractivity contribution in [3.8, 4) is 5.75 Å². The van der Waals surface area contributed by atoms with Crippen LogP contribution in [0.1, 0.15) is 11.6 Å². The number of carbonyl (C=O) groups excluding carboxylic acids is 1. The van der Waals surface area contributed by atoms with Gasteiger partial charge in [-0.2, -0.15) is 0 Å². The predicted octanol–water partition coefficient (Wildman–Crippen LogP) is 3.21. The summed E-state index contributed by atoms with van der Waals surface area (Å²) in [5.74, 6) is 1.28. The molecule has 0 aliphatic carbocycles. The van der Waals surface area contributed by atoms with Crippen LogP contribution < -0.4 is 10.1 Å². The zero-order chi connectivity index (χ0) is 17.4. The van der Waals surface area contributed by atoms with Crippen LogP contribution in [0.15, 0.2) is 59.5 Å². The number of rotatable bonds is 8. The molecule has 4 nitrogen and oxygen atoms in total. The molecule has 0 aliphatic rings. The highest BCUT2D eigenvalue weighted by Gasteiger charge is 2.18. The molecule has 5 heteroatoms. The van der Waals surface area contributed by atoms with Crippen molar-refractivity contribution in [3.05, 3.63) is 60.2 Å². The van der Waals surface area contributed by atoms with E-state index in [0.717, 1.165) is 16.2 Å². The minimum atomic E-state index is 0.0330. The molecule has 2 aromatic rings. The predicted molar refractivity (Wildman–Crippen MR) is 99.6 cm³/mol. The van der Waals surface area contributed by atoms with Gasteiger partial charge in [-0.05, 0) is 32.3 Å². The Hall–Kier alpha value is -1.98. The largest absolute Gasteiger partial charge is 0.496 e. The van der Waals surface area contributed by atoms with Gasteiger partial charge in [0.2, 0.25) is 5.91 Å². The number of thioether (sulfide) groups is 1. The molecule has 0 aromatic heterocycles. The van der Waals surface area contributed by atoms with E-state index in [4.69, 9.17) is 4.74 Å². The Bertz CT molecular complexity index is 647. The first-order chi connectivity index (χ1) is 11.6. The highest BCUT2D eigenvalue weighted by atomic mass is 32.2. The van der Waals surface area contributed by atoms with Gasteiger partial charge in [-0.1, -0.05) is 36.4 Å². The lowest BCUT2D eigenvalue weighted by molar-refractivity contribution is -0.118. The molecule has 1 amide bonds. The summed E-state index contributed by atoms with van der Waals surface area (Å²) in [6.07, 6.45) is 0. The van der Waals surface area contributed by atoms with Crippen molar-refractivity contribution in [2.24, 2.45) is 0 Å². The van der Waals surface area contributed by atoms with Crippen LogP contribution in [0.25, 0.3) is 0 Å². The molecule has 0 radical (unpaired) electrons. The maximum Gasteiger partial charge on any atom is 0.230 e. The third-order valence-electron chi connectivity index (χ3n) is 3.73. The van der Waals surface area contributed by atoms with Crippen LogP contribution in [0.2, 0.25) is 0 Å². The zero-order valence-electron chi connectivity index (χ0n) is 14.4. The maximum atomic E-state index is 12.1. The number of methoxy groups -OCH3 is 1. The number of nitrogens with one attached hydrogen (secondary N) is 1. The van der Waals surface area contributed by atoms with E-state index in [9.17, 15) is 4.79 Å². The number of benzene rings is 2. The van der Waals surface area contributed by atoms with Crippen LogP contribution in [0, 0.1) is 0 Å². The number of likely N-dealkylation sites (N-methyl/N-ethyl adjacent to an activating group) is 1. The summed E-state index contributed by atoms with van der Waals surface area (Å²) in [4.78, 5) is 15.3. The summed E-state index contributed by atoms with van der Waals surface area (Å²) in [5, 5.41) is 3.03. The number of nitrogens with zero attached hydrogens (tertiary/aromatic N) is 1. The van der Waals surface area contributed by atoms with E-state index in [2.05, 4.69) is 10.2 Å². The first-order valence-electron chi connectivity index (χ1n) is 7.85. The van der Waals surface area contributed by atoms with Gasteiger partial charge in [0.25, 0.3) is 0 Å². The van der Waals surface area contributed by atoms with Gasteiger partial charge < -0.3 is 15.0 Å². The van der Waals surface area contributed by atoms with Crippen LogP contribution in [0.3, 0.4) is 0 Å².